The number of hydrogen-bond donors (Lipinski definition) is 0. The van der Waals surface area contributed by atoms with E-state index in [1.807, 2.05) is 43.5 Å². The third kappa shape index (κ3) is 2.55. The molecule has 0 bridgehead atoms. The molecular weight excluding hydrogens is 274 g/mol. The lowest BCUT2D eigenvalue weighted by Crippen LogP contribution is -1.83. The summed E-state index contributed by atoms with van der Waals surface area (Å²) in [7, 11) is 0. The van der Waals surface area contributed by atoms with E-state index in [2.05, 4.69) is 23.2 Å². The Balaban J connectivity index is 2.05. The SMILES string of the molecule is Cc1sc(-c2ccnc(-c3ccccc3)c2)cc1Cl. The molecule has 0 radical (unpaired) electrons. The first-order valence-corrected chi connectivity index (χ1v) is 7.21. The highest BCUT2D eigenvalue weighted by Gasteiger charge is 2.07. The molecular formula is C16H12ClNS. The second-order valence-corrected chi connectivity index (χ2v) is 5.97. The van der Waals surface area contributed by atoms with E-state index in [0.29, 0.717) is 0 Å². The molecule has 0 fully saturated rings. The molecule has 1 nitrogen and oxygen atoms in total. The third-order valence-corrected chi connectivity index (χ3v) is 4.58. The van der Waals surface area contributed by atoms with Gasteiger partial charge in [0.15, 0.2) is 0 Å². The molecule has 0 atom stereocenters. The van der Waals surface area contributed by atoms with Gasteiger partial charge in [-0.25, -0.2) is 0 Å². The van der Waals surface area contributed by atoms with Crippen LogP contribution in [0.15, 0.2) is 54.7 Å². The number of pyridine rings is 1. The van der Waals surface area contributed by atoms with Crippen molar-refractivity contribution in [1.29, 1.82) is 0 Å². The van der Waals surface area contributed by atoms with Crippen LogP contribution in [0.2, 0.25) is 5.02 Å². The van der Waals surface area contributed by atoms with E-state index in [9.17, 15) is 0 Å². The van der Waals surface area contributed by atoms with Crippen LogP contribution in [0.3, 0.4) is 0 Å². The first-order chi connectivity index (χ1) is 9.24. The van der Waals surface area contributed by atoms with Crippen molar-refractivity contribution >= 4 is 22.9 Å². The number of thiophene rings is 1. The summed E-state index contributed by atoms with van der Waals surface area (Å²) in [6.45, 7) is 2.04. The van der Waals surface area contributed by atoms with Crippen LogP contribution < -0.4 is 0 Å². The highest BCUT2D eigenvalue weighted by Crippen LogP contribution is 2.34. The lowest BCUT2D eigenvalue weighted by Gasteiger charge is -2.03. The topological polar surface area (TPSA) is 12.9 Å². The molecule has 2 heterocycles. The molecule has 0 saturated carbocycles. The number of nitrogens with zero attached hydrogens (tertiary/aromatic N) is 1. The van der Waals surface area contributed by atoms with Gasteiger partial charge in [0.2, 0.25) is 0 Å². The Morgan fingerprint density at radius 1 is 1.00 bits per heavy atom. The van der Waals surface area contributed by atoms with Crippen LogP contribution in [-0.2, 0) is 0 Å². The molecule has 0 spiro atoms. The average molecular weight is 286 g/mol. The van der Waals surface area contributed by atoms with Crippen molar-refractivity contribution in [3.8, 4) is 21.7 Å². The summed E-state index contributed by atoms with van der Waals surface area (Å²) < 4.78 is 0. The minimum atomic E-state index is 0.832. The van der Waals surface area contributed by atoms with Crippen LogP contribution >= 0.6 is 22.9 Å². The van der Waals surface area contributed by atoms with Crippen molar-refractivity contribution in [2.75, 3.05) is 0 Å². The standard InChI is InChI=1S/C16H12ClNS/c1-11-14(17)10-16(19-11)13-7-8-18-15(9-13)12-5-3-2-4-6-12/h2-10H,1H3. The lowest BCUT2D eigenvalue weighted by molar-refractivity contribution is 1.33. The van der Waals surface area contributed by atoms with Gasteiger partial charge in [-0.2, -0.15) is 0 Å². The Labute approximate surface area is 121 Å². The van der Waals surface area contributed by atoms with Crippen LogP contribution in [0.5, 0.6) is 0 Å². The van der Waals surface area contributed by atoms with Gasteiger partial charge in [-0.05, 0) is 30.7 Å². The van der Waals surface area contributed by atoms with Gasteiger partial charge >= 0.3 is 0 Å². The van der Waals surface area contributed by atoms with Gasteiger partial charge in [0.05, 0.1) is 10.7 Å². The molecule has 3 aromatic rings. The van der Waals surface area contributed by atoms with E-state index in [0.717, 1.165) is 26.7 Å². The van der Waals surface area contributed by atoms with Crippen molar-refractivity contribution in [2.45, 2.75) is 6.92 Å². The van der Waals surface area contributed by atoms with E-state index in [1.165, 1.54) is 4.88 Å². The number of aromatic nitrogens is 1. The molecule has 0 aliphatic rings. The van der Waals surface area contributed by atoms with Crippen molar-refractivity contribution < 1.29 is 0 Å². The van der Waals surface area contributed by atoms with Gasteiger partial charge < -0.3 is 0 Å². The van der Waals surface area contributed by atoms with Crippen molar-refractivity contribution in [3.63, 3.8) is 0 Å². The summed E-state index contributed by atoms with van der Waals surface area (Å²) >= 11 is 7.84. The predicted molar refractivity (Wildman–Crippen MR) is 82.7 cm³/mol. The fraction of sp³-hybridized carbons (Fsp3) is 0.0625. The molecule has 0 amide bonds. The van der Waals surface area contributed by atoms with Crippen LogP contribution in [0.1, 0.15) is 4.88 Å². The number of aryl methyl sites for hydroxylation is 1. The molecule has 19 heavy (non-hydrogen) atoms. The normalized spacial score (nSPS) is 10.6. The number of rotatable bonds is 2. The molecule has 0 saturated heterocycles. The van der Waals surface area contributed by atoms with Gasteiger partial charge in [-0.3, -0.25) is 4.98 Å². The zero-order chi connectivity index (χ0) is 13.2. The summed E-state index contributed by atoms with van der Waals surface area (Å²) in [6, 6.07) is 16.3. The monoisotopic (exact) mass is 285 g/mol. The minimum absolute atomic E-state index is 0.832. The Bertz CT molecular complexity index is 684. The Morgan fingerprint density at radius 3 is 2.47 bits per heavy atom. The van der Waals surface area contributed by atoms with Gasteiger partial charge in [0, 0.05) is 21.5 Å². The Hall–Kier alpha value is -1.64. The van der Waals surface area contributed by atoms with Crippen molar-refractivity contribution in [3.05, 3.63) is 64.6 Å². The van der Waals surface area contributed by atoms with Gasteiger partial charge in [0.25, 0.3) is 0 Å². The van der Waals surface area contributed by atoms with Crippen LogP contribution in [0.25, 0.3) is 21.7 Å². The first-order valence-electron chi connectivity index (χ1n) is 6.02. The Morgan fingerprint density at radius 2 is 1.79 bits per heavy atom. The highest BCUT2D eigenvalue weighted by atomic mass is 35.5. The molecule has 3 heteroatoms. The third-order valence-electron chi connectivity index (χ3n) is 2.97. The van der Waals surface area contributed by atoms with Crippen LogP contribution in [0.4, 0.5) is 0 Å². The van der Waals surface area contributed by atoms with E-state index < -0.39 is 0 Å². The summed E-state index contributed by atoms with van der Waals surface area (Å²) in [6.07, 6.45) is 1.85. The fourth-order valence-corrected chi connectivity index (χ4v) is 3.15. The predicted octanol–water partition coefficient (Wildman–Crippen LogP) is 5.44. The Kier molecular flexibility index (Phi) is 3.36. The summed E-state index contributed by atoms with van der Waals surface area (Å²) in [5, 5.41) is 0.832. The number of halogens is 1. The molecule has 94 valence electrons. The van der Waals surface area contributed by atoms with E-state index >= 15 is 0 Å². The second kappa shape index (κ2) is 5.16. The first kappa shape index (κ1) is 12.4. The number of hydrogen-bond acceptors (Lipinski definition) is 2. The quantitative estimate of drug-likeness (QED) is 0.611. The minimum Gasteiger partial charge on any atom is -0.256 e. The average Bonchev–Trinajstić information content (AvgIpc) is 2.80. The van der Waals surface area contributed by atoms with E-state index in [-0.39, 0.29) is 0 Å². The van der Waals surface area contributed by atoms with E-state index in [4.69, 9.17) is 11.6 Å². The zero-order valence-electron chi connectivity index (χ0n) is 10.4. The van der Waals surface area contributed by atoms with Crippen molar-refractivity contribution in [2.24, 2.45) is 0 Å². The number of benzene rings is 1. The summed E-state index contributed by atoms with van der Waals surface area (Å²) in [5.41, 5.74) is 3.28. The highest BCUT2D eigenvalue weighted by molar-refractivity contribution is 7.16. The maximum Gasteiger partial charge on any atom is 0.0708 e. The fourth-order valence-electron chi connectivity index (χ4n) is 1.95. The molecule has 0 aliphatic carbocycles. The van der Waals surface area contributed by atoms with Crippen LogP contribution in [-0.4, -0.2) is 4.98 Å². The molecule has 2 aromatic heterocycles. The van der Waals surface area contributed by atoms with E-state index in [1.54, 1.807) is 11.3 Å². The molecule has 0 aliphatic heterocycles. The lowest BCUT2D eigenvalue weighted by atomic mass is 10.1. The smallest absolute Gasteiger partial charge is 0.0708 e. The molecule has 3 rings (SSSR count). The largest absolute Gasteiger partial charge is 0.256 e. The maximum absolute atomic E-state index is 6.13. The van der Waals surface area contributed by atoms with Gasteiger partial charge in [-0.1, -0.05) is 41.9 Å². The molecule has 1 aromatic carbocycles. The summed E-state index contributed by atoms with van der Waals surface area (Å²) in [5.74, 6) is 0. The summed E-state index contributed by atoms with van der Waals surface area (Å²) in [4.78, 5) is 6.77. The maximum atomic E-state index is 6.13. The molecule has 0 N–H and O–H groups in total. The molecule has 0 unspecified atom stereocenters. The second-order valence-electron chi connectivity index (χ2n) is 4.31. The van der Waals surface area contributed by atoms with Gasteiger partial charge in [0.1, 0.15) is 0 Å². The van der Waals surface area contributed by atoms with Crippen LogP contribution in [0, 0.1) is 6.92 Å². The van der Waals surface area contributed by atoms with Gasteiger partial charge in [-0.15, -0.1) is 11.3 Å². The zero-order valence-corrected chi connectivity index (χ0v) is 12.0. The van der Waals surface area contributed by atoms with Crippen molar-refractivity contribution in [1.82, 2.24) is 4.98 Å².